The minimum Gasteiger partial charge on any atom is -0.383 e. The highest BCUT2D eigenvalue weighted by molar-refractivity contribution is 5.55. The van der Waals surface area contributed by atoms with Gasteiger partial charge in [0.2, 0.25) is 0 Å². The van der Waals surface area contributed by atoms with Gasteiger partial charge in [-0.1, -0.05) is 19.1 Å². The Bertz CT molecular complexity index is 379. The molecule has 2 N–H and O–H groups in total. The zero-order valence-electron chi connectivity index (χ0n) is 12.8. The van der Waals surface area contributed by atoms with Crippen LogP contribution in [0.3, 0.4) is 0 Å². The Hall–Kier alpha value is -1.06. The van der Waals surface area contributed by atoms with Gasteiger partial charge in [0.15, 0.2) is 0 Å². The first kappa shape index (κ1) is 16.0. The minimum absolute atomic E-state index is 0.522. The van der Waals surface area contributed by atoms with E-state index in [1.165, 1.54) is 16.8 Å². The summed E-state index contributed by atoms with van der Waals surface area (Å²) in [6.45, 7) is 9.07. The van der Waals surface area contributed by atoms with Gasteiger partial charge in [0.1, 0.15) is 0 Å². The van der Waals surface area contributed by atoms with E-state index in [0.717, 1.165) is 26.0 Å². The maximum Gasteiger partial charge on any atom is 0.0637 e. The number of ether oxygens (including phenoxy) is 1. The molecule has 0 saturated carbocycles. The minimum atomic E-state index is 0.522. The lowest BCUT2D eigenvalue weighted by molar-refractivity contribution is 0.203. The van der Waals surface area contributed by atoms with E-state index in [4.69, 9.17) is 10.5 Å². The molecular weight excluding hydrogens is 236 g/mol. The van der Waals surface area contributed by atoms with E-state index in [2.05, 4.69) is 43.9 Å². The molecule has 1 atom stereocenters. The molecule has 0 aliphatic rings. The van der Waals surface area contributed by atoms with E-state index in [9.17, 15) is 0 Å². The Balaban J connectivity index is 2.94. The number of nitrogens with two attached hydrogens (primary N) is 1. The maximum atomic E-state index is 5.62. The second-order valence-electron chi connectivity index (χ2n) is 5.10. The van der Waals surface area contributed by atoms with E-state index in [1.54, 1.807) is 7.11 Å². The Morgan fingerprint density at radius 3 is 2.63 bits per heavy atom. The lowest BCUT2D eigenvalue weighted by atomic mass is 10.0. The zero-order chi connectivity index (χ0) is 14.3. The van der Waals surface area contributed by atoms with Crippen LogP contribution in [-0.2, 0) is 11.2 Å². The highest BCUT2D eigenvalue weighted by Crippen LogP contribution is 2.24. The third kappa shape index (κ3) is 4.51. The second kappa shape index (κ2) is 8.18. The van der Waals surface area contributed by atoms with E-state index in [-0.39, 0.29) is 0 Å². The van der Waals surface area contributed by atoms with E-state index in [0.29, 0.717) is 12.6 Å². The van der Waals surface area contributed by atoms with Crippen LogP contribution >= 0.6 is 0 Å². The molecule has 0 heterocycles. The van der Waals surface area contributed by atoms with Crippen molar-refractivity contribution < 1.29 is 4.74 Å². The van der Waals surface area contributed by atoms with Crippen molar-refractivity contribution in [1.82, 2.24) is 0 Å². The highest BCUT2D eigenvalue weighted by atomic mass is 16.5. The normalized spacial score (nSPS) is 12.5. The van der Waals surface area contributed by atoms with Crippen molar-refractivity contribution in [2.24, 2.45) is 5.73 Å². The fourth-order valence-electron chi connectivity index (χ4n) is 2.35. The highest BCUT2D eigenvalue weighted by Gasteiger charge is 2.14. The molecule has 108 valence electrons. The monoisotopic (exact) mass is 264 g/mol. The van der Waals surface area contributed by atoms with Gasteiger partial charge in [0.25, 0.3) is 0 Å². The number of rotatable bonds is 8. The lowest BCUT2D eigenvalue weighted by Crippen LogP contribution is -2.35. The summed E-state index contributed by atoms with van der Waals surface area (Å²) >= 11 is 0. The predicted octanol–water partition coefficient (Wildman–Crippen LogP) is 2.75. The summed E-state index contributed by atoms with van der Waals surface area (Å²) in [6.07, 6.45) is 2.08. The van der Waals surface area contributed by atoms with Gasteiger partial charge in [0, 0.05) is 25.4 Å². The van der Waals surface area contributed by atoms with Crippen LogP contribution in [0.25, 0.3) is 0 Å². The maximum absolute atomic E-state index is 5.62. The van der Waals surface area contributed by atoms with Crippen molar-refractivity contribution in [3.63, 3.8) is 0 Å². The Kier molecular flexibility index (Phi) is 6.89. The molecule has 1 unspecified atom stereocenters. The number of methoxy groups -OCH3 is 1. The van der Waals surface area contributed by atoms with Crippen LogP contribution in [0.5, 0.6) is 0 Å². The second-order valence-corrected chi connectivity index (χ2v) is 5.10. The summed E-state index contributed by atoms with van der Waals surface area (Å²) < 4.78 is 5.23. The molecule has 0 aliphatic heterocycles. The third-order valence-corrected chi connectivity index (χ3v) is 3.66. The number of hydrogen-bond donors (Lipinski definition) is 1. The van der Waals surface area contributed by atoms with E-state index >= 15 is 0 Å². The molecule has 0 aliphatic carbocycles. The summed E-state index contributed by atoms with van der Waals surface area (Å²) in [7, 11) is 1.76. The molecule has 0 bridgehead atoms. The summed E-state index contributed by atoms with van der Waals surface area (Å²) in [5.74, 6) is 0. The quantitative estimate of drug-likeness (QED) is 0.784. The van der Waals surface area contributed by atoms with Gasteiger partial charge in [-0.3, -0.25) is 0 Å². The summed E-state index contributed by atoms with van der Waals surface area (Å²) in [6, 6.07) is 7.19. The Morgan fingerprint density at radius 2 is 2.11 bits per heavy atom. The van der Waals surface area contributed by atoms with Gasteiger partial charge in [-0.15, -0.1) is 0 Å². The molecule has 3 heteroatoms. The molecule has 0 saturated heterocycles. The lowest BCUT2D eigenvalue weighted by Gasteiger charge is -2.32. The van der Waals surface area contributed by atoms with Crippen LogP contribution in [0.4, 0.5) is 5.69 Å². The summed E-state index contributed by atoms with van der Waals surface area (Å²) in [5.41, 5.74) is 9.57. The van der Waals surface area contributed by atoms with Crippen LogP contribution < -0.4 is 10.6 Å². The molecule has 1 rings (SSSR count). The van der Waals surface area contributed by atoms with Gasteiger partial charge < -0.3 is 15.4 Å². The molecule has 0 spiro atoms. The topological polar surface area (TPSA) is 38.5 Å². The first-order valence-corrected chi connectivity index (χ1v) is 7.19. The van der Waals surface area contributed by atoms with Gasteiger partial charge in [-0.2, -0.15) is 0 Å². The van der Waals surface area contributed by atoms with Gasteiger partial charge in [0.05, 0.1) is 6.61 Å². The average molecular weight is 264 g/mol. The number of anilines is 1. The average Bonchev–Trinajstić information content (AvgIpc) is 2.41. The van der Waals surface area contributed by atoms with Gasteiger partial charge >= 0.3 is 0 Å². The molecule has 1 aromatic carbocycles. The van der Waals surface area contributed by atoms with Crippen LogP contribution in [0.2, 0.25) is 0 Å². The Labute approximate surface area is 117 Å². The standard InChI is InChI=1S/C16H28N2O/c1-5-14(3)18(10-11-19-4)16-7-6-15(8-9-17)12-13(16)2/h6-7,12,14H,5,8-11,17H2,1-4H3. The van der Waals surface area contributed by atoms with Crippen molar-refractivity contribution in [3.05, 3.63) is 29.3 Å². The number of hydrogen-bond acceptors (Lipinski definition) is 3. The van der Waals surface area contributed by atoms with Crippen molar-refractivity contribution in [3.8, 4) is 0 Å². The molecule has 3 nitrogen and oxygen atoms in total. The SMILES string of the molecule is CCC(C)N(CCOC)c1ccc(CCN)cc1C. The van der Waals surface area contributed by atoms with Crippen molar-refractivity contribution in [2.75, 3.05) is 31.7 Å². The van der Waals surface area contributed by atoms with Gasteiger partial charge in [-0.05, 0) is 50.4 Å². The molecular formula is C16H28N2O. The third-order valence-electron chi connectivity index (χ3n) is 3.66. The van der Waals surface area contributed by atoms with Crippen molar-refractivity contribution in [1.29, 1.82) is 0 Å². The van der Waals surface area contributed by atoms with Crippen LogP contribution in [-0.4, -0.2) is 32.8 Å². The smallest absolute Gasteiger partial charge is 0.0637 e. The fourth-order valence-corrected chi connectivity index (χ4v) is 2.35. The Morgan fingerprint density at radius 1 is 1.37 bits per heavy atom. The van der Waals surface area contributed by atoms with Crippen LogP contribution in [0.15, 0.2) is 18.2 Å². The van der Waals surface area contributed by atoms with Crippen molar-refractivity contribution >= 4 is 5.69 Å². The van der Waals surface area contributed by atoms with E-state index in [1.807, 2.05) is 0 Å². The molecule has 0 amide bonds. The largest absolute Gasteiger partial charge is 0.383 e. The molecule has 0 fully saturated rings. The summed E-state index contributed by atoms with van der Waals surface area (Å²) in [4.78, 5) is 2.44. The van der Waals surface area contributed by atoms with Crippen LogP contribution in [0, 0.1) is 6.92 Å². The molecule has 1 aromatic rings. The number of nitrogens with zero attached hydrogens (tertiary/aromatic N) is 1. The van der Waals surface area contributed by atoms with Crippen molar-refractivity contribution in [2.45, 2.75) is 39.7 Å². The summed E-state index contributed by atoms with van der Waals surface area (Å²) in [5, 5.41) is 0. The number of aryl methyl sites for hydroxylation is 1. The fraction of sp³-hybridized carbons (Fsp3) is 0.625. The van der Waals surface area contributed by atoms with Gasteiger partial charge in [-0.25, -0.2) is 0 Å². The first-order chi connectivity index (χ1) is 9.13. The molecule has 0 aromatic heterocycles. The molecule has 0 radical (unpaired) electrons. The predicted molar refractivity (Wildman–Crippen MR) is 82.9 cm³/mol. The number of benzene rings is 1. The van der Waals surface area contributed by atoms with E-state index < -0.39 is 0 Å². The first-order valence-electron chi connectivity index (χ1n) is 7.19. The van der Waals surface area contributed by atoms with Crippen LogP contribution in [0.1, 0.15) is 31.4 Å². The zero-order valence-corrected chi connectivity index (χ0v) is 12.8. The molecule has 19 heavy (non-hydrogen) atoms.